The molecular formula is C22H29N7O2. The number of anilines is 1. The number of fused-ring (bicyclic) bond motifs is 1. The summed E-state index contributed by atoms with van der Waals surface area (Å²) in [6.45, 7) is 10.0. The molecule has 2 aliphatic rings. The van der Waals surface area contributed by atoms with Crippen LogP contribution < -0.4 is 4.90 Å². The topological polar surface area (TPSA) is 82.5 Å². The van der Waals surface area contributed by atoms with E-state index in [0.717, 1.165) is 48.7 Å². The molecule has 31 heavy (non-hydrogen) atoms. The summed E-state index contributed by atoms with van der Waals surface area (Å²) in [5, 5.41) is 4.39. The molecule has 3 aromatic rings. The summed E-state index contributed by atoms with van der Waals surface area (Å²) in [6, 6.07) is 8.89. The number of aromatic amines is 1. The molecule has 0 radical (unpaired) electrons. The maximum absolute atomic E-state index is 12.7. The Morgan fingerprint density at radius 1 is 1.00 bits per heavy atom. The number of carbonyl (C=O) groups excluding carboxylic acids is 1. The van der Waals surface area contributed by atoms with E-state index in [1.807, 2.05) is 20.7 Å². The number of benzene rings is 1. The number of nitrogens with zero attached hydrogens (tertiary/aromatic N) is 6. The van der Waals surface area contributed by atoms with E-state index in [4.69, 9.17) is 9.72 Å². The molecule has 2 fully saturated rings. The summed E-state index contributed by atoms with van der Waals surface area (Å²) in [5.74, 6) is 0.856. The minimum absolute atomic E-state index is 0.142. The van der Waals surface area contributed by atoms with E-state index < -0.39 is 0 Å². The van der Waals surface area contributed by atoms with Gasteiger partial charge in [-0.25, -0.2) is 14.5 Å². The molecule has 0 atom stereocenters. The van der Waals surface area contributed by atoms with Crippen molar-refractivity contribution in [1.82, 2.24) is 29.5 Å². The molecular weight excluding hydrogens is 394 g/mol. The van der Waals surface area contributed by atoms with E-state index in [0.29, 0.717) is 26.3 Å². The largest absolute Gasteiger partial charge is 0.378 e. The molecule has 164 valence electrons. The maximum Gasteiger partial charge on any atom is 0.320 e. The van der Waals surface area contributed by atoms with Gasteiger partial charge in [-0.3, -0.25) is 0 Å². The number of hydrogen-bond acceptors (Lipinski definition) is 5. The number of imidazole rings is 1. The van der Waals surface area contributed by atoms with Crippen molar-refractivity contribution in [1.29, 1.82) is 0 Å². The second-order valence-electron chi connectivity index (χ2n) is 8.41. The van der Waals surface area contributed by atoms with Crippen molar-refractivity contribution >= 4 is 22.9 Å². The first-order chi connectivity index (χ1) is 15.1. The lowest BCUT2D eigenvalue weighted by atomic mass is 10.1. The Balaban J connectivity index is 1.23. The first kappa shape index (κ1) is 19.9. The number of morpholine rings is 1. The minimum atomic E-state index is 0.142. The van der Waals surface area contributed by atoms with Crippen LogP contribution >= 0.6 is 0 Å². The van der Waals surface area contributed by atoms with Gasteiger partial charge in [-0.15, -0.1) is 0 Å². The van der Waals surface area contributed by atoms with Crippen molar-refractivity contribution in [3.63, 3.8) is 0 Å². The zero-order valence-corrected chi connectivity index (χ0v) is 18.1. The first-order valence-electron chi connectivity index (χ1n) is 11.0. The van der Waals surface area contributed by atoms with E-state index >= 15 is 0 Å². The summed E-state index contributed by atoms with van der Waals surface area (Å²) >= 11 is 0. The highest BCUT2D eigenvalue weighted by Gasteiger charge is 2.26. The molecule has 2 aliphatic heterocycles. The number of carbonyl (C=O) groups is 1. The van der Waals surface area contributed by atoms with Gasteiger partial charge in [-0.1, -0.05) is 0 Å². The van der Waals surface area contributed by atoms with Crippen LogP contribution in [0.1, 0.15) is 19.9 Å². The SMILES string of the molecule is CC(C)n1ncc2[nH]c(-c3ccc(N4CCN(C(=O)N5CCOCC5)CC4)cc3)nc21. The third kappa shape index (κ3) is 3.85. The number of amides is 2. The summed E-state index contributed by atoms with van der Waals surface area (Å²) in [5.41, 5.74) is 4.06. The second kappa shape index (κ2) is 8.22. The van der Waals surface area contributed by atoms with E-state index in [9.17, 15) is 4.79 Å². The van der Waals surface area contributed by atoms with Crippen LogP contribution in [0.3, 0.4) is 0 Å². The molecule has 1 aromatic carbocycles. The van der Waals surface area contributed by atoms with E-state index in [-0.39, 0.29) is 12.1 Å². The van der Waals surface area contributed by atoms with Gasteiger partial charge in [0, 0.05) is 56.6 Å². The molecule has 2 saturated heterocycles. The predicted molar refractivity (Wildman–Crippen MR) is 119 cm³/mol. The van der Waals surface area contributed by atoms with Gasteiger partial charge in [0.1, 0.15) is 11.3 Å². The van der Waals surface area contributed by atoms with Crippen LogP contribution in [-0.4, -0.2) is 88.1 Å². The van der Waals surface area contributed by atoms with Crippen LogP contribution in [0, 0.1) is 0 Å². The van der Waals surface area contributed by atoms with Crippen LogP contribution in [-0.2, 0) is 4.74 Å². The number of hydrogen-bond donors (Lipinski definition) is 1. The molecule has 5 rings (SSSR count). The monoisotopic (exact) mass is 423 g/mol. The van der Waals surface area contributed by atoms with Crippen LogP contribution in [0.2, 0.25) is 0 Å². The molecule has 9 nitrogen and oxygen atoms in total. The van der Waals surface area contributed by atoms with Gasteiger partial charge >= 0.3 is 6.03 Å². The van der Waals surface area contributed by atoms with Crippen molar-refractivity contribution in [3.05, 3.63) is 30.5 Å². The van der Waals surface area contributed by atoms with Crippen molar-refractivity contribution in [2.45, 2.75) is 19.9 Å². The van der Waals surface area contributed by atoms with Crippen LogP contribution in [0.15, 0.2) is 30.5 Å². The Kier molecular flexibility index (Phi) is 5.27. The number of piperazine rings is 1. The fourth-order valence-electron chi connectivity index (χ4n) is 4.27. The van der Waals surface area contributed by atoms with Crippen molar-refractivity contribution in [2.24, 2.45) is 0 Å². The lowest BCUT2D eigenvalue weighted by Gasteiger charge is -2.39. The normalized spacial score (nSPS) is 17.7. The van der Waals surface area contributed by atoms with Crippen molar-refractivity contribution in [2.75, 3.05) is 57.4 Å². The highest BCUT2D eigenvalue weighted by Crippen LogP contribution is 2.25. The molecule has 0 unspecified atom stereocenters. The quantitative estimate of drug-likeness (QED) is 0.700. The Labute approximate surface area is 181 Å². The second-order valence-corrected chi connectivity index (χ2v) is 8.41. The van der Waals surface area contributed by atoms with Gasteiger partial charge in [-0.2, -0.15) is 5.10 Å². The van der Waals surface area contributed by atoms with E-state index in [1.165, 1.54) is 5.69 Å². The molecule has 0 bridgehead atoms. The van der Waals surface area contributed by atoms with Gasteiger partial charge in [0.15, 0.2) is 5.65 Å². The molecule has 2 aromatic heterocycles. The van der Waals surface area contributed by atoms with E-state index in [2.05, 4.69) is 53.1 Å². The molecule has 9 heteroatoms. The highest BCUT2D eigenvalue weighted by atomic mass is 16.5. The molecule has 2 amide bonds. The molecule has 1 N–H and O–H groups in total. The van der Waals surface area contributed by atoms with Gasteiger partial charge in [0.2, 0.25) is 0 Å². The van der Waals surface area contributed by atoms with Crippen LogP contribution in [0.25, 0.3) is 22.6 Å². The van der Waals surface area contributed by atoms with Gasteiger partial charge in [0.05, 0.1) is 19.4 Å². The van der Waals surface area contributed by atoms with E-state index in [1.54, 1.807) is 0 Å². The molecule has 0 aliphatic carbocycles. The average Bonchev–Trinajstić information content (AvgIpc) is 3.40. The van der Waals surface area contributed by atoms with Crippen LogP contribution in [0.4, 0.5) is 10.5 Å². The maximum atomic E-state index is 12.7. The zero-order valence-electron chi connectivity index (χ0n) is 18.1. The first-order valence-corrected chi connectivity index (χ1v) is 11.0. The van der Waals surface area contributed by atoms with Crippen molar-refractivity contribution in [3.8, 4) is 11.4 Å². The lowest BCUT2D eigenvalue weighted by molar-refractivity contribution is 0.0428. The molecule has 4 heterocycles. The number of rotatable bonds is 3. The fraction of sp³-hybridized carbons (Fsp3) is 0.500. The predicted octanol–water partition coefficient (Wildman–Crippen LogP) is 2.58. The third-order valence-corrected chi connectivity index (χ3v) is 6.07. The Hall–Kier alpha value is -3.07. The Bertz CT molecular complexity index is 1040. The standard InChI is InChI=1S/C22H29N7O2/c1-16(2)29-21-19(15-23-29)24-20(25-21)17-3-5-18(6-4-17)26-7-9-27(10-8-26)22(30)28-11-13-31-14-12-28/h3-6,15-16H,7-14H2,1-2H3,(H,24,25). The molecule has 0 saturated carbocycles. The number of urea groups is 1. The van der Waals surface area contributed by atoms with Gasteiger partial charge in [0.25, 0.3) is 0 Å². The lowest BCUT2D eigenvalue weighted by Crippen LogP contribution is -2.54. The Morgan fingerprint density at radius 3 is 2.35 bits per heavy atom. The minimum Gasteiger partial charge on any atom is -0.378 e. The Morgan fingerprint density at radius 2 is 1.68 bits per heavy atom. The van der Waals surface area contributed by atoms with Gasteiger partial charge < -0.3 is 24.4 Å². The summed E-state index contributed by atoms with van der Waals surface area (Å²) in [6.07, 6.45) is 1.83. The van der Waals surface area contributed by atoms with Crippen molar-refractivity contribution < 1.29 is 9.53 Å². The third-order valence-electron chi connectivity index (χ3n) is 6.07. The number of ether oxygens (including phenoxy) is 1. The average molecular weight is 424 g/mol. The number of aromatic nitrogens is 4. The summed E-state index contributed by atoms with van der Waals surface area (Å²) < 4.78 is 7.28. The highest BCUT2D eigenvalue weighted by molar-refractivity contribution is 5.77. The van der Waals surface area contributed by atoms with Crippen LogP contribution in [0.5, 0.6) is 0 Å². The van der Waals surface area contributed by atoms with Gasteiger partial charge in [-0.05, 0) is 38.1 Å². The summed E-state index contributed by atoms with van der Waals surface area (Å²) in [7, 11) is 0. The summed E-state index contributed by atoms with van der Waals surface area (Å²) in [4.78, 5) is 27.0. The smallest absolute Gasteiger partial charge is 0.320 e. The number of H-pyrrole nitrogens is 1. The fourth-order valence-corrected chi connectivity index (χ4v) is 4.27. The zero-order chi connectivity index (χ0) is 21.4. The number of nitrogens with one attached hydrogen (secondary N) is 1. The molecule has 0 spiro atoms.